The monoisotopic (exact) mass is 483 g/mol. The molecular formula is C24H26ClN5O2S. The number of amides is 2. The Labute approximate surface area is 202 Å². The van der Waals surface area contributed by atoms with Crippen LogP contribution in [0, 0.1) is 0 Å². The Balaban J connectivity index is 1.49. The quantitative estimate of drug-likeness (QED) is 0.412. The molecule has 1 fully saturated rings. The van der Waals surface area contributed by atoms with E-state index in [1.165, 1.54) is 18.7 Å². The highest BCUT2D eigenvalue weighted by molar-refractivity contribution is 7.99. The van der Waals surface area contributed by atoms with Gasteiger partial charge in [-0.15, -0.1) is 10.2 Å². The lowest BCUT2D eigenvalue weighted by Gasteiger charge is -2.17. The number of halogens is 1. The Bertz CT molecular complexity index is 1140. The summed E-state index contributed by atoms with van der Waals surface area (Å²) in [5, 5.41) is 16.0. The number of aromatic nitrogens is 3. The summed E-state index contributed by atoms with van der Waals surface area (Å²) in [6.45, 7) is 3.52. The summed E-state index contributed by atoms with van der Waals surface area (Å²) in [4.78, 5) is 24.2. The molecule has 2 N–H and O–H groups in total. The molecule has 0 spiro atoms. The summed E-state index contributed by atoms with van der Waals surface area (Å²) in [5.41, 5.74) is 2.59. The molecule has 1 saturated carbocycles. The molecule has 33 heavy (non-hydrogen) atoms. The molecule has 1 unspecified atom stereocenters. The predicted octanol–water partition coefficient (Wildman–Crippen LogP) is 5.12. The van der Waals surface area contributed by atoms with Gasteiger partial charge < -0.3 is 10.6 Å². The van der Waals surface area contributed by atoms with E-state index in [-0.39, 0.29) is 23.6 Å². The maximum Gasteiger partial charge on any atom is 0.230 e. The van der Waals surface area contributed by atoms with Gasteiger partial charge in [-0.2, -0.15) is 0 Å². The fourth-order valence-corrected chi connectivity index (χ4v) is 4.53. The Morgan fingerprint density at radius 1 is 1.18 bits per heavy atom. The first kappa shape index (κ1) is 23.3. The van der Waals surface area contributed by atoms with Crippen molar-refractivity contribution in [2.45, 2.75) is 50.2 Å². The first-order chi connectivity index (χ1) is 15.9. The standard InChI is InChI=1S/C24H26ClN5O2S/c1-3-21(16-9-11-18(25)12-10-16)27-22(32)14-33-24-29-28-23(17-7-8-17)30(24)20-6-4-5-19(13-20)26-15(2)31/h4-6,9-13,17,21H,3,7-8,14H2,1-2H3,(H,26,31)(H,27,32). The third-order valence-corrected chi connectivity index (χ3v) is 6.55. The third kappa shape index (κ3) is 5.94. The predicted molar refractivity (Wildman–Crippen MR) is 131 cm³/mol. The highest BCUT2D eigenvalue weighted by atomic mass is 35.5. The van der Waals surface area contributed by atoms with Crippen LogP contribution in [0.3, 0.4) is 0 Å². The minimum absolute atomic E-state index is 0.0729. The maximum atomic E-state index is 12.7. The van der Waals surface area contributed by atoms with Crippen LogP contribution < -0.4 is 10.6 Å². The molecule has 1 aromatic heterocycles. The lowest BCUT2D eigenvalue weighted by molar-refractivity contribution is -0.119. The molecule has 1 heterocycles. The van der Waals surface area contributed by atoms with E-state index in [0.29, 0.717) is 21.8 Å². The number of rotatable bonds is 9. The Hall–Kier alpha value is -2.84. The molecule has 3 aromatic rings. The Morgan fingerprint density at radius 2 is 1.94 bits per heavy atom. The van der Waals surface area contributed by atoms with Gasteiger partial charge in [-0.05, 0) is 55.2 Å². The molecule has 1 aliphatic rings. The minimum Gasteiger partial charge on any atom is -0.349 e. The SMILES string of the molecule is CCC(NC(=O)CSc1nnc(C2CC2)n1-c1cccc(NC(C)=O)c1)c1ccc(Cl)cc1. The lowest BCUT2D eigenvalue weighted by atomic mass is 10.0. The largest absolute Gasteiger partial charge is 0.349 e. The molecular weight excluding hydrogens is 458 g/mol. The average Bonchev–Trinajstić information content (AvgIpc) is 3.55. The summed E-state index contributed by atoms with van der Waals surface area (Å²) in [7, 11) is 0. The fourth-order valence-electron chi connectivity index (χ4n) is 3.63. The molecule has 2 amide bonds. The van der Waals surface area contributed by atoms with Crippen molar-refractivity contribution in [2.24, 2.45) is 0 Å². The van der Waals surface area contributed by atoms with E-state index in [9.17, 15) is 9.59 Å². The van der Waals surface area contributed by atoms with E-state index in [0.717, 1.165) is 36.3 Å². The first-order valence-electron chi connectivity index (χ1n) is 11.0. The molecule has 0 saturated heterocycles. The smallest absolute Gasteiger partial charge is 0.230 e. The minimum atomic E-state index is -0.129. The highest BCUT2D eigenvalue weighted by Crippen LogP contribution is 2.41. The Kier molecular flexibility index (Phi) is 7.35. The van der Waals surface area contributed by atoms with Crippen LogP contribution in [0.4, 0.5) is 5.69 Å². The zero-order valence-electron chi connectivity index (χ0n) is 18.5. The lowest BCUT2D eigenvalue weighted by Crippen LogP contribution is -2.29. The van der Waals surface area contributed by atoms with Crippen LogP contribution in [0.25, 0.3) is 5.69 Å². The molecule has 1 atom stereocenters. The summed E-state index contributed by atoms with van der Waals surface area (Å²) >= 11 is 7.34. The molecule has 7 nitrogen and oxygen atoms in total. The van der Waals surface area contributed by atoms with Gasteiger partial charge in [0.2, 0.25) is 11.8 Å². The van der Waals surface area contributed by atoms with Crippen molar-refractivity contribution in [3.05, 3.63) is 64.9 Å². The molecule has 1 aliphatic carbocycles. The van der Waals surface area contributed by atoms with Crippen LogP contribution in [-0.2, 0) is 9.59 Å². The van der Waals surface area contributed by atoms with Crippen molar-refractivity contribution < 1.29 is 9.59 Å². The molecule has 9 heteroatoms. The summed E-state index contributed by atoms with van der Waals surface area (Å²) in [6.07, 6.45) is 2.93. The van der Waals surface area contributed by atoms with E-state index < -0.39 is 0 Å². The second-order valence-corrected chi connectivity index (χ2v) is 9.43. The van der Waals surface area contributed by atoms with Gasteiger partial charge >= 0.3 is 0 Å². The number of anilines is 1. The van der Waals surface area contributed by atoms with Gasteiger partial charge in [0.15, 0.2) is 5.16 Å². The van der Waals surface area contributed by atoms with Crippen molar-refractivity contribution in [3.63, 3.8) is 0 Å². The van der Waals surface area contributed by atoms with Gasteiger partial charge in [0.25, 0.3) is 0 Å². The summed E-state index contributed by atoms with van der Waals surface area (Å²) in [5.74, 6) is 1.29. The maximum absolute atomic E-state index is 12.7. The van der Waals surface area contributed by atoms with Crippen LogP contribution in [0.1, 0.15) is 56.5 Å². The van der Waals surface area contributed by atoms with Crippen molar-refractivity contribution in [2.75, 3.05) is 11.1 Å². The van der Waals surface area contributed by atoms with Crippen molar-refractivity contribution in [3.8, 4) is 5.69 Å². The highest BCUT2D eigenvalue weighted by Gasteiger charge is 2.31. The number of carbonyl (C=O) groups excluding carboxylic acids is 2. The van der Waals surface area contributed by atoms with Crippen LogP contribution in [-0.4, -0.2) is 32.3 Å². The number of nitrogens with one attached hydrogen (secondary N) is 2. The van der Waals surface area contributed by atoms with Gasteiger partial charge in [-0.25, -0.2) is 0 Å². The van der Waals surface area contributed by atoms with Crippen LogP contribution in [0.5, 0.6) is 0 Å². The number of benzene rings is 2. The van der Waals surface area contributed by atoms with E-state index in [1.807, 2.05) is 60.0 Å². The number of hydrogen-bond acceptors (Lipinski definition) is 5. The van der Waals surface area contributed by atoms with Gasteiger partial charge in [0.05, 0.1) is 17.5 Å². The average molecular weight is 484 g/mol. The van der Waals surface area contributed by atoms with E-state index in [4.69, 9.17) is 11.6 Å². The Morgan fingerprint density at radius 3 is 2.61 bits per heavy atom. The number of hydrogen-bond donors (Lipinski definition) is 2. The van der Waals surface area contributed by atoms with Crippen molar-refractivity contribution in [1.29, 1.82) is 0 Å². The van der Waals surface area contributed by atoms with Crippen molar-refractivity contribution >= 4 is 40.9 Å². The normalized spacial score (nSPS) is 14.0. The zero-order valence-corrected chi connectivity index (χ0v) is 20.1. The van der Waals surface area contributed by atoms with Crippen LogP contribution in [0.15, 0.2) is 53.7 Å². The van der Waals surface area contributed by atoms with Crippen LogP contribution in [0.2, 0.25) is 5.02 Å². The molecule has 172 valence electrons. The second kappa shape index (κ2) is 10.4. The molecule has 4 rings (SSSR count). The summed E-state index contributed by atoms with van der Waals surface area (Å²) in [6, 6.07) is 15.0. The van der Waals surface area contributed by atoms with Gasteiger partial charge in [0, 0.05) is 23.6 Å². The van der Waals surface area contributed by atoms with E-state index >= 15 is 0 Å². The topological polar surface area (TPSA) is 88.9 Å². The van der Waals surface area contributed by atoms with E-state index in [2.05, 4.69) is 20.8 Å². The molecule has 0 radical (unpaired) electrons. The molecule has 0 aliphatic heterocycles. The molecule has 0 bridgehead atoms. The van der Waals surface area contributed by atoms with Gasteiger partial charge in [-0.1, -0.05) is 48.5 Å². The second-order valence-electron chi connectivity index (χ2n) is 8.05. The number of carbonyl (C=O) groups is 2. The van der Waals surface area contributed by atoms with Crippen molar-refractivity contribution in [1.82, 2.24) is 20.1 Å². The van der Waals surface area contributed by atoms with E-state index in [1.54, 1.807) is 0 Å². The van der Waals surface area contributed by atoms with Crippen LogP contribution >= 0.6 is 23.4 Å². The third-order valence-electron chi connectivity index (χ3n) is 5.37. The van der Waals surface area contributed by atoms with Gasteiger partial charge in [0.1, 0.15) is 5.82 Å². The number of thioether (sulfide) groups is 1. The first-order valence-corrected chi connectivity index (χ1v) is 12.3. The number of nitrogens with zero attached hydrogens (tertiary/aromatic N) is 3. The summed E-state index contributed by atoms with van der Waals surface area (Å²) < 4.78 is 2.00. The zero-order chi connectivity index (χ0) is 23.4. The van der Waals surface area contributed by atoms with Gasteiger partial charge in [-0.3, -0.25) is 14.2 Å². The fraction of sp³-hybridized carbons (Fsp3) is 0.333. The molecule has 2 aromatic carbocycles.